The second kappa shape index (κ2) is 5.79. The number of amides is 2. The first-order valence-corrected chi connectivity index (χ1v) is 4.91. The Morgan fingerprint density at radius 1 is 1.33 bits per heavy atom. The summed E-state index contributed by atoms with van der Waals surface area (Å²) in [5, 5.41) is 2.30. The number of anilines is 1. The Morgan fingerprint density at radius 3 is 2.33 bits per heavy atom. The lowest BCUT2D eigenvalue weighted by atomic mass is 10.1. The van der Waals surface area contributed by atoms with Gasteiger partial charge in [-0.15, -0.1) is 12.4 Å². The van der Waals surface area contributed by atoms with E-state index in [4.69, 9.17) is 11.5 Å². The second-order valence-electron chi connectivity index (χ2n) is 4.23. The lowest BCUT2D eigenvalue weighted by molar-refractivity contribution is -0.120. The summed E-state index contributed by atoms with van der Waals surface area (Å²) in [5.74, 6) is -1.92. The third kappa shape index (κ3) is 3.97. The summed E-state index contributed by atoms with van der Waals surface area (Å²) >= 11 is 0. The summed E-state index contributed by atoms with van der Waals surface area (Å²) in [7, 11) is 0. The molecule has 1 aromatic rings. The molecule has 0 aliphatic carbocycles. The van der Waals surface area contributed by atoms with Crippen LogP contribution in [0.25, 0.3) is 0 Å². The average Bonchev–Trinajstić information content (AvgIpc) is 2.19. The van der Waals surface area contributed by atoms with Gasteiger partial charge in [0.05, 0.1) is 11.2 Å². The number of hydrogen-bond donors (Lipinski definition) is 3. The molecule has 18 heavy (non-hydrogen) atoms. The van der Waals surface area contributed by atoms with Crippen molar-refractivity contribution in [3.05, 3.63) is 29.6 Å². The topological polar surface area (TPSA) is 98.2 Å². The lowest BCUT2D eigenvalue weighted by Crippen LogP contribution is -2.45. The highest BCUT2D eigenvalue weighted by molar-refractivity contribution is 5.99. The van der Waals surface area contributed by atoms with Crippen LogP contribution in [-0.4, -0.2) is 17.4 Å². The minimum absolute atomic E-state index is 0. The predicted octanol–water partition coefficient (Wildman–Crippen LogP) is 1.02. The van der Waals surface area contributed by atoms with Crippen LogP contribution in [-0.2, 0) is 4.79 Å². The molecule has 0 fully saturated rings. The zero-order chi connectivity index (χ0) is 13.2. The number of hydrogen-bond acceptors (Lipinski definition) is 3. The highest BCUT2D eigenvalue weighted by Gasteiger charge is 2.23. The maximum atomic E-state index is 13.4. The molecule has 0 saturated heterocycles. The first-order chi connectivity index (χ1) is 7.71. The average molecular weight is 276 g/mol. The summed E-state index contributed by atoms with van der Waals surface area (Å²) in [6.07, 6.45) is 0. The molecular formula is C11H15ClFN3O2. The van der Waals surface area contributed by atoms with Crippen molar-refractivity contribution in [2.45, 2.75) is 19.4 Å². The summed E-state index contributed by atoms with van der Waals surface area (Å²) in [4.78, 5) is 22.5. The van der Waals surface area contributed by atoms with Crippen LogP contribution in [0.4, 0.5) is 10.1 Å². The van der Waals surface area contributed by atoms with Gasteiger partial charge in [0.15, 0.2) is 0 Å². The van der Waals surface area contributed by atoms with Crippen molar-refractivity contribution in [2.24, 2.45) is 11.5 Å². The molecule has 5 N–H and O–H groups in total. The fourth-order valence-electron chi connectivity index (χ4n) is 1.06. The standard InChI is InChI=1S/C11H14FN3O2.ClH/c1-11(2,14)10(17)15-8-5-6(9(13)16)3-4-7(8)12;/h3-5H,14H2,1-2H3,(H2,13,16)(H,15,17);1H. The van der Waals surface area contributed by atoms with Crippen LogP contribution >= 0.6 is 12.4 Å². The van der Waals surface area contributed by atoms with Gasteiger partial charge in [0.2, 0.25) is 11.8 Å². The van der Waals surface area contributed by atoms with Crippen molar-refractivity contribution in [1.29, 1.82) is 0 Å². The van der Waals surface area contributed by atoms with E-state index >= 15 is 0 Å². The van der Waals surface area contributed by atoms with Crippen LogP contribution in [0.2, 0.25) is 0 Å². The number of rotatable bonds is 3. The first kappa shape index (κ1) is 16.3. The van der Waals surface area contributed by atoms with Crippen molar-refractivity contribution in [3.63, 3.8) is 0 Å². The smallest absolute Gasteiger partial charge is 0.248 e. The van der Waals surface area contributed by atoms with E-state index < -0.39 is 23.2 Å². The molecule has 0 aliphatic heterocycles. The molecule has 0 saturated carbocycles. The number of nitrogens with two attached hydrogens (primary N) is 2. The molecule has 0 atom stereocenters. The lowest BCUT2D eigenvalue weighted by Gasteiger charge is -2.18. The van der Waals surface area contributed by atoms with Gasteiger partial charge in [-0.3, -0.25) is 9.59 Å². The van der Waals surface area contributed by atoms with Gasteiger partial charge in [0.25, 0.3) is 0 Å². The maximum absolute atomic E-state index is 13.4. The number of halogens is 2. The molecule has 0 aromatic heterocycles. The monoisotopic (exact) mass is 275 g/mol. The van der Waals surface area contributed by atoms with Gasteiger partial charge in [-0.2, -0.15) is 0 Å². The number of primary amides is 1. The molecule has 2 amide bonds. The van der Waals surface area contributed by atoms with Crippen LogP contribution in [0.3, 0.4) is 0 Å². The molecule has 0 radical (unpaired) electrons. The van der Waals surface area contributed by atoms with Gasteiger partial charge in [-0.1, -0.05) is 0 Å². The fourth-order valence-corrected chi connectivity index (χ4v) is 1.06. The molecule has 0 aliphatic rings. The molecule has 0 spiro atoms. The molecule has 0 unspecified atom stereocenters. The molecule has 5 nitrogen and oxygen atoms in total. The summed E-state index contributed by atoms with van der Waals surface area (Å²) in [5.41, 5.74) is 9.44. The SMILES string of the molecule is CC(C)(N)C(=O)Nc1cc(C(N)=O)ccc1F.Cl. The molecule has 1 rings (SSSR count). The van der Waals surface area contributed by atoms with Crippen LogP contribution in [0.15, 0.2) is 18.2 Å². The quantitative estimate of drug-likeness (QED) is 0.768. The Labute approximate surface area is 110 Å². The van der Waals surface area contributed by atoms with E-state index in [-0.39, 0.29) is 23.7 Å². The van der Waals surface area contributed by atoms with Gasteiger partial charge in [-0.05, 0) is 32.0 Å². The van der Waals surface area contributed by atoms with Crippen molar-refractivity contribution in [2.75, 3.05) is 5.32 Å². The fraction of sp³-hybridized carbons (Fsp3) is 0.273. The molecule has 7 heteroatoms. The van der Waals surface area contributed by atoms with Crippen molar-refractivity contribution < 1.29 is 14.0 Å². The van der Waals surface area contributed by atoms with Crippen LogP contribution in [0.5, 0.6) is 0 Å². The number of carbonyl (C=O) groups is 2. The van der Waals surface area contributed by atoms with Crippen molar-refractivity contribution in [3.8, 4) is 0 Å². The molecule has 100 valence electrons. The molecule has 0 heterocycles. The van der Waals surface area contributed by atoms with Crippen LogP contribution in [0.1, 0.15) is 24.2 Å². The molecule has 1 aromatic carbocycles. The van der Waals surface area contributed by atoms with Crippen molar-refractivity contribution >= 4 is 29.9 Å². The highest BCUT2D eigenvalue weighted by atomic mass is 35.5. The Hall–Kier alpha value is -1.66. The van der Waals surface area contributed by atoms with Gasteiger partial charge < -0.3 is 16.8 Å². The summed E-state index contributed by atoms with van der Waals surface area (Å²) in [6.45, 7) is 2.97. The first-order valence-electron chi connectivity index (χ1n) is 4.91. The normalized spacial score (nSPS) is 10.4. The van der Waals surface area contributed by atoms with Crippen LogP contribution < -0.4 is 16.8 Å². The van der Waals surface area contributed by atoms with Crippen molar-refractivity contribution in [1.82, 2.24) is 0 Å². The number of carbonyl (C=O) groups excluding carboxylic acids is 2. The van der Waals surface area contributed by atoms with E-state index in [2.05, 4.69) is 5.32 Å². The summed E-state index contributed by atoms with van der Waals surface area (Å²) < 4.78 is 13.4. The number of benzene rings is 1. The molecule has 0 bridgehead atoms. The third-order valence-corrected chi connectivity index (χ3v) is 2.08. The van der Waals surface area contributed by atoms with E-state index in [1.54, 1.807) is 0 Å². The minimum atomic E-state index is -1.14. The van der Waals surface area contributed by atoms with E-state index in [0.29, 0.717) is 0 Å². The van der Waals surface area contributed by atoms with Crippen LogP contribution in [0, 0.1) is 5.82 Å². The van der Waals surface area contributed by atoms with Gasteiger partial charge >= 0.3 is 0 Å². The maximum Gasteiger partial charge on any atom is 0.248 e. The minimum Gasteiger partial charge on any atom is -0.366 e. The van der Waals surface area contributed by atoms with E-state index in [1.165, 1.54) is 26.0 Å². The van der Waals surface area contributed by atoms with Gasteiger partial charge in [-0.25, -0.2) is 4.39 Å². The van der Waals surface area contributed by atoms with E-state index in [1.807, 2.05) is 0 Å². The largest absolute Gasteiger partial charge is 0.366 e. The Kier molecular flexibility index (Phi) is 5.26. The highest BCUT2D eigenvalue weighted by Crippen LogP contribution is 2.17. The predicted molar refractivity (Wildman–Crippen MR) is 69.1 cm³/mol. The van der Waals surface area contributed by atoms with Gasteiger partial charge in [0.1, 0.15) is 5.82 Å². The third-order valence-electron chi connectivity index (χ3n) is 2.08. The Balaban J connectivity index is 0.00000289. The van der Waals surface area contributed by atoms with E-state index in [9.17, 15) is 14.0 Å². The number of nitrogens with one attached hydrogen (secondary N) is 1. The molecular weight excluding hydrogens is 261 g/mol. The van der Waals surface area contributed by atoms with Gasteiger partial charge in [0, 0.05) is 5.56 Å². The zero-order valence-electron chi connectivity index (χ0n) is 9.99. The Morgan fingerprint density at radius 2 is 1.89 bits per heavy atom. The van der Waals surface area contributed by atoms with E-state index in [0.717, 1.165) is 6.07 Å². The Bertz CT molecular complexity index is 472. The zero-order valence-corrected chi connectivity index (χ0v) is 10.8. The summed E-state index contributed by atoms with van der Waals surface area (Å²) in [6, 6.07) is 3.46. The second-order valence-corrected chi connectivity index (χ2v) is 4.23.